The van der Waals surface area contributed by atoms with Gasteiger partial charge in [0.2, 0.25) is 0 Å². The zero-order valence-corrected chi connectivity index (χ0v) is 10.3. The van der Waals surface area contributed by atoms with Gasteiger partial charge in [-0.2, -0.15) is 0 Å². The lowest BCUT2D eigenvalue weighted by Gasteiger charge is -2.11. The standard InChI is InChI=1S/C13H15F3N2O/c14-10-6-8(7-11(15)12(10)16)13(19)18-5-3-9-2-1-4-17-9/h6-7,9,17H,1-5H2,(H,18,19)/t9-/m0/s1. The van der Waals surface area contributed by atoms with Crippen LogP contribution in [0.3, 0.4) is 0 Å². The monoisotopic (exact) mass is 272 g/mol. The second-order valence-electron chi connectivity index (χ2n) is 4.59. The number of carbonyl (C=O) groups is 1. The summed E-state index contributed by atoms with van der Waals surface area (Å²) in [4.78, 5) is 11.6. The molecule has 6 heteroatoms. The smallest absolute Gasteiger partial charge is 0.251 e. The molecule has 0 unspecified atom stereocenters. The molecular formula is C13H15F3N2O. The highest BCUT2D eigenvalue weighted by atomic mass is 19.2. The van der Waals surface area contributed by atoms with Gasteiger partial charge >= 0.3 is 0 Å². The number of halogens is 3. The third kappa shape index (κ3) is 3.47. The van der Waals surface area contributed by atoms with Crippen molar-refractivity contribution in [2.75, 3.05) is 13.1 Å². The molecule has 19 heavy (non-hydrogen) atoms. The molecule has 1 aliphatic heterocycles. The highest BCUT2D eigenvalue weighted by Gasteiger charge is 2.16. The lowest BCUT2D eigenvalue weighted by Crippen LogP contribution is -2.30. The summed E-state index contributed by atoms with van der Waals surface area (Å²) >= 11 is 0. The van der Waals surface area contributed by atoms with E-state index in [0.717, 1.165) is 25.8 Å². The SMILES string of the molecule is O=C(NCC[C@@H]1CCCN1)c1cc(F)c(F)c(F)c1. The van der Waals surface area contributed by atoms with Crippen LogP contribution in [0.25, 0.3) is 0 Å². The van der Waals surface area contributed by atoms with Gasteiger partial charge in [0, 0.05) is 18.2 Å². The van der Waals surface area contributed by atoms with Crippen LogP contribution in [-0.4, -0.2) is 25.0 Å². The number of carbonyl (C=O) groups excluding carboxylic acids is 1. The van der Waals surface area contributed by atoms with Crippen LogP contribution in [0.15, 0.2) is 12.1 Å². The Hall–Kier alpha value is -1.56. The number of amides is 1. The average molecular weight is 272 g/mol. The van der Waals surface area contributed by atoms with Crippen molar-refractivity contribution in [2.24, 2.45) is 0 Å². The Balaban J connectivity index is 1.88. The Morgan fingerprint density at radius 1 is 1.32 bits per heavy atom. The van der Waals surface area contributed by atoms with Crippen LogP contribution in [0.4, 0.5) is 13.2 Å². The summed E-state index contributed by atoms with van der Waals surface area (Å²) in [5, 5.41) is 5.84. The molecule has 0 aliphatic carbocycles. The highest BCUT2D eigenvalue weighted by Crippen LogP contribution is 2.13. The Kier molecular flexibility index (Phi) is 4.42. The molecule has 104 valence electrons. The van der Waals surface area contributed by atoms with E-state index in [9.17, 15) is 18.0 Å². The van der Waals surface area contributed by atoms with Crippen molar-refractivity contribution in [3.05, 3.63) is 35.1 Å². The molecule has 1 saturated heterocycles. The highest BCUT2D eigenvalue weighted by molar-refractivity contribution is 5.94. The van der Waals surface area contributed by atoms with Gasteiger partial charge in [0.25, 0.3) is 5.91 Å². The summed E-state index contributed by atoms with van der Waals surface area (Å²) < 4.78 is 38.7. The number of benzene rings is 1. The summed E-state index contributed by atoms with van der Waals surface area (Å²) in [5.41, 5.74) is -0.212. The molecule has 1 aromatic carbocycles. The van der Waals surface area contributed by atoms with Crippen LogP contribution in [0.5, 0.6) is 0 Å². The van der Waals surface area contributed by atoms with E-state index >= 15 is 0 Å². The van der Waals surface area contributed by atoms with Crippen LogP contribution in [-0.2, 0) is 0 Å². The summed E-state index contributed by atoms with van der Waals surface area (Å²) in [6.45, 7) is 1.39. The first kappa shape index (κ1) is 13.9. The molecular weight excluding hydrogens is 257 g/mol. The maximum Gasteiger partial charge on any atom is 0.251 e. The molecule has 2 N–H and O–H groups in total. The molecule has 1 fully saturated rings. The van der Waals surface area contributed by atoms with E-state index in [1.807, 2.05) is 0 Å². The zero-order valence-electron chi connectivity index (χ0n) is 10.3. The van der Waals surface area contributed by atoms with E-state index in [-0.39, 0.29) is 5.56 Å². The van der Waals surface area contributed by atoms with Gasteiger partial charge in [0.1, 0.15) is 0 Å². The number of hydrogen-bond acceptors (Lipinski definition) is 2. The van der Waals surface area contributed by atoms with Gasteiger partial charge in [-0.15, -0.1) is 0 Å². The second kappa shape index (κ2) is 6.06. The van der Waals surface area contributed by atoms with Gasteiger partial charge in [-0.3, -0.25) is 4.79 Å². The Morgan fingerprint density at radius 2 is 2.00 bits per heavy atom. The molecule has 1 atom stereocenters. The van der Waals surface area contributed by atoms with Crippen molar-refractivity contribution in [3.63, 3.8) is 0 Å². The lowest BCUT2D eigenvalue weighted by molar-refractivity contribution is 0.0951. The normalized spacial score (nSPS) is 18.6. The van der Waals surface area contributed by atoms with E-state index in [2.05, 4.69) is 10.6 Å². The van der Waals surface area contributed by atoms with Crippen LogP contribution in [0.1, 0.15) is 29.6 Å². The first-order valence-electron chi connectivity index (χ1n) is 6.24. The minimum Gasteiger partial charge on any atom is -0.352 e. The quantitative estimate of drug-likeness (QED) is 0.823. The summed E-state index contributed by atoms with van der Waals surface area (Å²) in [5.74, 6) is -4.88. The topological polar surface area (TPSA) is 41.1 Å². The Labute approximate surface area is 109 Å². The summed E-state index contributed by atoms with van der Waals surface area (Å²) in [6, 6.07) is 1.77. The van der Waals surface area contributed by atoms with Crippen LogP contribution < -0.4 is 10.6 Å². The summed E-state index contributed by atoms with van der Waals surface area (Å²) in [6.07, 6.45) is 2.95. The van der Waals surface area contributed by atoms with E-state index in [4.69, 9.17) is 0 Å². The van der Waals surface area contributed by atoms with Crippen molar-refractivity contribution < 1.29 is 18.0 Å². The first-order chi connectivity index (χ1) is 9.08. The molecule has 1 amide bonds. The van der Waals surface area contributed by atoms with Crippen LogP contribution >= 0.6 is 0 Å². The fourth-order valence-electron chi connectivity index (χ4n) is 2.15. The molecule has 0 bridgehead atoms. The van der Waals surface area contributed by atoms with Crippen molar-refractivity contribution in [1.29, 1.82) is 0 Å². The minimum atomic E-state index is -1.56. The van der Waals surface area contributed by atoms with Gasteiger partial charge in [-0.1, -0.05) is 0 Å². The lowest BCUT2D eigenvalue weighted by atomic mass is 10.1. The van der Waals surface area contributed by atoms with Crippen LogP contribution in [0, 0.1) is 17.5 Å². The zero-order chi connectivity index (χ0) is 13.8. The van der Waals surface area contributed by atoms with Crippen LogP contribution in [0.2, 0.25) is 0 Å². The van der Waals surface area contributed by atoms with Gasteiger partial charge in [0.15, 0.2) is 17.5 Å². The molecule has 0 aromatic heterocycles. The van der Waals surface area contributed by atoms with Crippen molar-refractivity contribution >= 4 is 5.91 Å². The average Bonchev–Trinajstić information content (AvgIpc) is 2.88. The largest absolute Gasteiger partial charge is 0.352 e. The Bertz CT molecular complexity index is 450. The molecule has 1 aliphatic rings. The number of nitrogens with one attached hydrogen (secondary N) is 2. The first-order valence-corrected chi connectivity index (χ1v) is 6.24. The molecule has 1 aromatic rings. The predicted octanol–water partition coefficient (Wildman–Crippen LogP) is 1.98. The molecule has 3 nitrogen and oxygen atoms in total. The van der Waals surface area contributed by atoms with E-state index in [1.165, 1.54) is 0 Å². The molecule has 0 spiro atoms. The fraction of sp³-hybridized carbons (Fsp3) is 0.462. The van der Waals surface area contributed by atoms with Gasteiger partial charge in [-0.25, -0.2) is 13.2 Å². The van der Waals surface area contributed by atoms with Gasteiger partial charge in [-0.05, 0) is 37.9 Å². The van der Waals surface area contributed by atoms with Gasteiger partial charge in [0.05, 0.1) is 0 Å². The third-order valence-electron chi connectivity index (χ3n) is 3.19. The summed E-state index contributed by atoms with van der Waals surface area (Å²) in [7, 11) is 0. The third-order valence-corrected chi connectivity index (χ3v) is 3.19. The molecule has 0 saturated carbocycles. The number of rotatable bonds is 4. The number of hydrogen-bond donors (Lipinski definition) is 2. The molecule has 0 radical (unpaired) electrons. The predicted molar refractivity (Wildman–Crippen MR) is 64.3 cm³/mol. The van der Waals surface area contributed by atoms with Crippen molar-refractivity contribution in [2.45, 2.75) is 25.3 Å². The van der Waals surface area contributed by atoms with Crippen molar-refractivity contribution in [3.8, 4) is 0 Å². The van der Waals surface area contributed by atoms with E-state index in [0.29, 0.717) is 24.7 Å². The van der Waals surface area contributed by atoms with Gasteiger partial charge < -0.3 is 10.6 Å². The molecule has 2 rings (SSSR count). The fourth-order valence-corrected chi connectivity index (χ4v) is 2.15. The van der Waals surface area contributed by atoms with E-state index < -0.39 is 23.4 Å². The maximum absolute atomic E-state index is 13.0. The molecule has 1 heterocycles. The minimum absolute atomic E-state index is 0.212. The Morgan fingerprint density at radius 3 is 2.58 bits per heavy atom. The second-order valence-corrected chi connectivity index (χ2v) is 4.59. The maximum atomic E-state index is 13.0. The van der Waals surface area contributed by atoms with E-state index in [1.54, 1.807) is 0 Å². The van der Waals surface area contributed by atoms with Crippen molar-refractivity contribution in [1.82, 2.24) is 10.6 Å².